The fourth-order valence-corrected chi connectivity index (χ4v) is 3.79. The highest BCUT2D eigenvalue weighted by atomic mass is 32.1. The number of nitrogens with zero attached hydrogens (tertiary/aromatic N) is 5. The third kappa shape index (κ3) is 6.28. The van der Waals surface area contributed by atoms with Crippen LogP contribution < -0.4 is 10.6 Å². The van der Waals surface area contributed by atoms with Gasteiger partial charge in [0.05, 0.1) is 10.9 Å². The molecule has 1 atom stereocenters. The molecule has 1 saturated heterocycles. The third-order valence-electron chi connectivity index (χ3n) is 4.83. The second-order valence-corrected chi connectivity index (χ2v) is 8.22. The van der Waals surface area contributed by atoms with Crippen molar-refractivity contribution in [3.05, 3.63) is 34.2 Å². The quantitative estimate of drug-likeness (QED) is 0.465. The van der Waals surface area contributed by atoms with Crippen molar-refractivity contribution in [1.29, 1.82) is 0 Å². The first-order chi connectivity index (χ1) is 14.0. The molecule has 3 rings (SSSR count). The number of piperazine rings is 1. The number of aromatic nitrogens is 3. The number of carbonyl (C=O) groups is 2. The van der Waals surface area contributed by atoms with Gasteiger partial charge in [-0.15, -0.1) is 11.3 Å². The van der Waals surface area contributed by atoms with E-state index in [-0.39, 0.29) is 11.9 Å². The fourth-order valence-electron chi connectivity index (χ4n) is 3.06. The Hall–Kier alpha value is -2.43. The van der Waals surface area contributed by atoms with Crippen molar-refractivity contribution in [3.63, 3.8) is 0 Å². The summed E-state index contributed by atoms with van der Waals surface area (Å²) in [5.41, 5.74) is 0.292. The van der Waals surface area contributed by atoms with Gasteiger partial charge in [-0.2, -0.15) is 0 Å². The van der Waals surface area contributed by atoms with Crippen LogP contribution in [0.1, 0.15) is 44.6 Å². The molecule has 1 aliphatic heterocycles. The highest BCUT2D eigenvalue weighted by molar-refractivity contribution is 7.13. The molecule has 1 unspecified atom stereocenters. The van der Waals surface area contributed by atoms with Gasteiger partial charge in [-0.25, -0.2) is 15.0 Å². The van der Waals surface area contributed by atoms with Gasteiger partial charge in [-0.1, -0.05) is 0 Å². The van der Waals surface area contributed by atoms with Crippen molar-refractivity contribution < 1.29 is 9.59 Å². The maximum Gasteiger partial charge on any atom is 0.270 e. The average Bonchev–Trinajstić information content (AvgIpc) is 3.22. The summed E-state index contributed by atoms with van der Waals surface area (Å²) in [5, 5.41) is 6.80. The predicted octanol–water partition coefficient (Wildman–Crippen LogP) is 1.29. The van der Waals surface area contributed by atoms with Gasteiger partial charge in [0.2, 0.25) is 0 Å². The summed E-state index contributed by atoms with van der Waals surface area (Å²) in [7, 11) is 2.15. The number of hydrogen-bond acceptors (Lipinski definition) is 9. The number of anilines is 1. The van der Waals surface area contributed by atoms with Crippen LogP contribution in [0.25, 0.3) is 0 Å². The molecule has 29 heavy (non-hydrogen) atoms. The molecule has 1 amide bonds. The zero-order valence-corrected chi connectivity index (χ0v) is 17.6. The number of rotatable bonds is 9. The number of amides is 1. The summed E-state index contributed by atoms with van der Waals surface area (Å²) in [4.78, 5) is 41.1. The smallest absolute Gasteiger partial charge is 0.270 e. The highest BCUT2D eigenvalue weighted by Crippen LogP contribution is 2.19. The molecule has 1 aliphatic rings. The van der Waals surface area contributed by atoms with Crippen molar-refractivity contribution in [3.8, 4) is 0 Å². The van der Waals surface area contributed by atoms with E-state index in [9.17, 15) is 9.59 Å². The molecule has 2 aromatic heterocycles. The molecule has 10 heteroatoms. The molecule has 156 valence electrons. The summed E-state index contributed by atoms with van der Waals surface area (Å²) >= 11 is 1.26. The molecule has 0 bridgehead atoms. The molecule has 0 aromatic carbocycles. The van der Waals surface area contributed by atoms with E-state index >= 15 is 0 Å². The van der Waals surface area contributed by atoms with Crippen molar-refractivity contribution in [2.45, 2.75) is 19.4 Å². The van der Waals surface area contributed by atoms with E-state index in [1.165, 1.54) is 23.9 Å². The van der Waals surface area contributed by atoms with Gasteiger partial charge in [0.1, 0.15) is 22.8 Å². The Kier molecular flexibility index (Phi) is 7.62. The Morgan fingerprint density at radius 2 is 2.07 bits per heavy atom. The van der Waals surface area contributed by atoms with Gasteiger partial charge in [-0.3, -0.25) is 9.59 Å². The molecular weight excluding hydrogens is 390 g/mol. The molecule has 0 radical (unpaired) electrons. The first kappa shape index (κ1) is 21.3. The first-order valence-corrected chi connectivity index (χ1v) is 10.6. The highest BCUT2D eigenvalue weighted by Gasteiger charge is 2.16. The number of likely N-dealkylation sites (N-methyl/N-ethyl adjacent to an activating group) is 1. The molecule has 3 heterocycles. The lowest BCUT2D eigenvalue weighted by molar-refractivity contribution is 0.0934. The largest absolute Gasteiger partial charge is 0.370 e. The average molecular weight is 418 g/mol. The monoisotopic (exact) mass is 417 g/mol. The van der Waals surface area contributed by atoms with Crippen LogP contribution >= 0.6 is 11.3 Å². The van der Waals surface area contributed by atoms with Crippen LogP contribution in [0.3, 0.4) is 0 Å². The minimum absolute atomic E-state index is 0.292. The molecule has 0 spiro atoms. The van der Waals surface area contributed by atoms with Crippen LogP contribution in [0.4, 0.5) is 5.82 Å². The maximum atomic E-state index is 12.5. The zero-order valence-electron chi connectivity index (χ0n) is 16.8. The maximum absolute atomic E-state index is 12.5. The van der Waals surface area contributed by atoms with Crippen LogP contribution in [-0.4, -0.2) is 83.3 Å². The van der Waals surface area contributed by atoms with E-state index in [1.807, 2.05) is 6.92 Å². The van der Waals surface area contributed by atoms with Gasteiger partial charge < -0.3 is 20.4 Å². The van der Waals surface area contributed by atoms with Gasteiger partial charge in [0, 0.05) is 45.0 Å². The van der Waals surface area contributed by atoms with E-state index in [4.69, 9.17) is 0 Å². The van der Waals surface area contributed by atoms with Gasteiger partial charge in [0.15, 0.2) is 6.29 Å². The van der Waals surface area contributed by atoms with Crippen molar-refractivity contribution in [2.75, 3.05) is 51.6 Å². The van der Waals surface area contributed by atoms with Crippen LogP contribution in [0, 0.1) is 0 Å². The Balaban J connectivity index is 1.45. The van der Waals surface area contributed by atoms with Crippen LogP contribution in [0.2, 0.25) is 0 Å². The van der Waals surface area contributed by atoms with Crippen molar-refractivity contribution >= 4 is 29.3 Å². The summed E-state index contributed by atoms with van der Waals surface area (Å²) in [6.45, 7) is 8.12. The summed E-state index contributed by atoms with van der Waals surface area (Å²) in [5.74, 6) is 0.330. The van der Waals surface area contributed by atoms with Gasteiger partial charge >= 0.3 is 0 Å². The molecule has 2 aromatic rings. The SMILES string of the molecule is CC(NC(=O)c1cc(NCCCN2CCN(C)CC2)ncn1)c1ncc(C=O)s1. The minimum Gasteiger partial charge on any atom is -0.370 e. The number of nitrogens with one attached hydrogen (secondary N) is 2. The summed E-state index contributed by atoms with van der Waals surface area (Å²) in [6, 6.07) is 1.34. The normalized spacial score (nSPS) is 16.3. The van der Waals surface area contributed by atoms with E-state index in [0.29, 0.717) is 21.4 Å². The number of carbonyl (C=O) groups excluding carboxylic acids is 2. The molecule has 9 nitrogen and oxygen atoms in total. The lowest BCUT2D eigenvalue weighted by Crippen LogP contribution is -2.44. The van der Waals surface area contributed by atoms with E-state index in [1.54, 1.807) is 6.07 Å². The Morgan fingerprint density at radius 1 is 1.28 bits per heavy atom. The van der Waals surface area contributed by atoms with E-state index in [0.717, 1.165) is 52.0 Å². The predicted molar refractivity (Wildman–Crippen MR) is 112 cm³/mol. The molecule has 0 aliphatic carbocycles. The van der Waals surface area contributed by atoms with Crippen molar-refractivity contribution in [2.24, 2.45) is 0 Å². The van der Waals surface area contributed by atoms with Gasteiger partial charge in [0.25, 0.3) is 5.91 Å². The number of aldehydes is 1. The topological polar surface area (TPSA) is 103 Å². The van der Waals surface area contributed by atoms with Gasteiger partial charge in [-0.05, 0) is 26.9 Å². The zero-order chi connectivity index (χ0) is 20.6. The minimum atomic E-state index is -0.309. The second-order valence-electron chi connectivity index (χ2n) is 7.13. The molecular formula is C19H27N7O2S. The van der Waals surface area contributed by atoms with E-state index < -0.39 is 0 Å². The van der Waals surface area contributed by atoms with Crippen molar-refractivity contribution in [1.82, 2.24) is 30.1 Å². The molecule has 1 fully saturated rings. The summed E-state index contributed by atoms with van der Waals surface area (Å²) < 4.78 is 0. The molecule has 2 N–H and O–H groups in total. The second kappa shape index (κ2) is 10.4. The Labute approximate surface area is 174 Å². The standard InChI is InChI=1S/C19H27N7O2S/c1-14(19-21-11-15(12-27)29-19)24-18(28)16-10-17(23-13-22-16)20-4-3-5-26-8-6-25(2)7-9-26/h10-14H,3-9H2,1-2H3,(H,24,28)(H,20,22,23). The van der Waals surface area contributed by atoms with Crippen LogP contribution in [-0.2, 0) is 0 Å². The number of thiazole rings is 1. The van der Waals surface area contributed by atoms with E-state index in [2.05, 4.69) is 42.4 Å². The summed E-state index contributed by atoms with van der Waals surface area (Å²) in [6.07, 6.45) is 4.65. The Bertz CT molecular complexity index is 820. The van der Waals surface area contributed by atoms with Crippen LogP contribution in [0.15, 0.2) is 18.6 Å². The lowest BCUT2D eigenvalue weighted by atomic mass is 10.3. The Morgan fingerprint density at radius 3 is 2.79 bits per heavy atom. The number of hydrogen-bond donors (Lipinski definition) is 2. The van der Waals surface area contributed by atoms with Crippen LogP contribution in [0.5, 0.6) is 0 Å². The first-order valence-electron chi connectivity index (χ1n) is 9.73. The lowest BCUT2D eigenvalue weighted by Gasteiger charge is -2.32. The third-order valence-corrected chi connectivity index (χ3v) is 5.93. The molecule has 0 saturated carbocycles. The fraction of sp³-hybridized carbons (Fsp3) is 0.526.